The molecule has 5 fully saturated rings. The van der Waals surface area contributed by atoms with Gasteiger partial charge >= 0.3 is 7.82 Å². The van der Waals surface area contributed by atoms with E-state index in [1.54, 1.807) is 0 Å². The molecular weight excluding hydrogens is 891 g/mol. The molecule has 4 aliphatic heterocycles. The van der Waals surface area contributed by atoms with Crippen LogP contribution >= 0.6 is 7.82 Å². The van der Waals surface area contributed by atoms with Crippen molar-refractivity contribution in [3.05, 3.63) is 0 Å². The first-order chi connectivity index (χ1) is 29.6. The molecule has 1 saturated carbocycles. The Morgan fingerprint density at radius 2 is 0.857 bits per heavy atom. The van der Waals surface area contributed by atoms with E-state index in [0.717, 1.165) is 0 Å². The Labute approximate surface area is 356 Å². The number of phosphoric ester groups is 1. The predicted molar refractivity (Wildman–Crippen MR) is 192 cm³/mol. The van der Waals surface area contributed by atoms with E-state index in [-0.39, 0.29) is 6.54 Å². The molecule has 3 unspecified atom stereocenters. The highest BCUT2D eigenvalue weighted by atomic mass is 31.2. The summed E-state index contributed by atoms with van der Waals surface area (Å²) in [6.45, 7) is -4.26. The summed E-state index contributed by atoms with van der Waals surface area (Å²) in [6.07, 6.45) is -48.0. The van der Waals surface area contributed by atoms with E-state index in [9.17, 15) is 91.2 Å². The Morgan fingerprint density at radius 1 is 0.444 bits per heavy atom. The topological polar surface area (TPSA) is 505 Å². The zero-order chi connectivity index (χ0) is 46.8. The number of hydrogen-bond acceptors (Lipinski definition) is 29. The molecular formula is C32H59N2O28P. The lowest BCUT2D eigenvalue weighted by Crippen LogP contribution is -2.69. The van der Waals surface area contributed by atoms with Gasteiger partial charge in [-0.05, 0) is 0 Å². The third-order valence-electron chi connectivity index (χ3n) is 11.2. The molecule has 30 nitrogen and oxygen atoms in total. The van der Waals surface area contributed by atoms with Gasteiger partial charge in [-0.2, -0.15) is 0 Å². The summed E-state index contributed by atoms with van der Waals surface area (Å²) in [7, 11) is -4.75. The molecule has 0 aromatic heterocycles. The molecule has 4 saturated heterocycles. The molecule has 63 heavy (non-hydrogen) atoms. The summed E-state index contributed by atoms with van der Waals surface area (Å²) < 4.78 is 66.3. The molecule has 370 valence electrons. The zero-order valence-corrected chi connectivity index (χ0v) is 33.8. The van der Waals surface area contributed by atoms with Gasteiger partial charge in [0.15, 0.2) is 25.2 Å². The van der Waals surface area contributed by atoms with Crippen molar-refractivity contribution in [2.45, 2.75) is 159 Å². The second-order valence-corrected chi connectivity index (χ2v) is 17.0. The molecule has 4 heterocycles. The fraction of sp³-hybridized carbons (Fsp3) is 1.00. The lowest BCUT2D eigenvalue weighted by molar-refractivity contribution is -0.377. The molecule has 27 atom stereocenters. The van der Waals surface area contributed by atoms with Gasteiger partial charge in [0.05, 0.1) is 39.1 Å². The highest BCUT2D eigenvalue weighted by molar-refractivity contribution is 7.47. The molecule has 0 spiro atoms. The Bertz CT molecular complexity index is 1450. The van der Waals surface area contributed by atoms with Crippen LogP contribution in [0.3, 0.4) is 0 Å². The van der Waals surface area contributed by atoms with Gasteiger partial charge in [-0.3, -0.25) is 9.05 Å². The second-order valence-electron chi connectivity index (χ2n) is 15.5. The fourth-order valence-corrected chi connectivity index (χ4v) is 8.18. The van der Waals surface area contributed by atoms with Gasteiger partial charge in [-0.25, -0.2) is 4.57 Å². The average molecular weight is 951 g/mol. The fourth-order valence-electron chi connectivity index (χ4n) is 7.43. The first-order valence-corrected chi connectivity index (χ1v) is 21.1. The quantitative estimate of drug-likeness (QED) is 0.0602. The Hall–Kier alpha value is -0.930. The maximum atomic E-state index is 12.1. The van der Waals surface area contributed by atoms with Gasteiger partial charge in [0.1, 0.15) is 128 Å². The van der Waals surface area contributed by atoms with Crippen molar-refractivity contribution >= 4 is 7.82 Å². The first-order valence-electron chi connectivity index (χ1n) is 19.6. The van der Waals surface area contributed by atoms with Crippen LogP contribution < -0.4 is 11.5 Å². The van der Waals surface area contributed by atoms with E-state index < -0.39 is 200 Å². The molecule has 1 aliphatic carbocycles. The summed E-state index contributed by atoms with van der Waals surface area (Å²) in [5.74, 6) is 0. The van der Waals surface area contributed by atoms with E-state index in [4.69, 9.17) is 53.9 Å². The largest absolute Gasteiger partial charge is 0.472 e. The van der Waals surface area contributed by atoms with Crippen LogP contribution in [0.4, 0.5) is 0 Å². The van der Waals surface area contributed by atoms with Gasteiger partial charge in [0.25, 0.3) is 0 Å². The van der Waals surface area contributed by atoms with Crippen LogP contribution in [-0.2, 0) is 51.5 Å². The minimum absolute atomic E-state index is 0.160. The predicted octanol–water partition coefficient (Wildman–Crippen LogP) is -12.5. The lowest BCUT2D eigenvalue weighted by Gasteiger charge is -2.48. The normalized spacial score (nSPS) is 50.8. The number of aliphatic hydroxyl groups excluding tert-OH is 16. The average Bonchev–Trinajstić information content (AvgIpc) is 3.26. The summed E-state index contributed by atoms with van der Waals surface area (Å²) in [4.78, 5) is 9.83. The van der Waals surface area contributed by atoms with Crippen molar-refractivity contribution in [1.82, 2.24) is 0 Å². The molecule has 5 rings (SSSR count). The molecule has 0 amide bonds. The monoisotopic (exact) mass is 950 g/mol. The number of ether oxygens (including phenoxy) is 8. The van der Waals surface area contributed by atoms with Crippen LogP contribution in [0.5, 0.6) is 0 Å². The number of aliphatic hydroxyl groups is 16. The van der Waals surface area contributed by atoms with Crippen LogP contribution in [0.1, 0.15) is 0 Å². The van der Waals surface area contributed by atoms with E-state index in [1.165, 1.54) is 0 Å². The van der Waals surface area contributed by atoms with Crippen LogP contribution in [0.15, 0.2) is 0 Å². The molecule has 5 aliphatic rings. The number of phosphoric acid groups is 1. The maximum Gasteiger partial charge on any atom is 0.472 e. The van der Waals surface area contributed by atoms with E-state index >= 15 is 0 Å². The third kappa shape index (κ3) is 11.7. The van der Waals surface area contributed by atoms with Crippen molar-refractivity contribution in [3.8, 4) is 0 Å². The van der Waals surface area contributed by atoms with Gasteiger partial charge in [-0.1, -0.05) is 0 Å². The summed E-state index contributed by atoms with van der Waals surface area (Å²) in [6, 6.07) is -1.67. The molecule has 0 aromatic rings. The van der Waals surface area contributed by atoms with Crippen LogP contribution in [0.25, 0.3) is 0 Å². The van der Waals surface area contributed by atoms with Crippen molar-refractivity contribution < 1.29 is 138 Å². The van der Waals surface area contributed by atoms with Crippen molar-refractivity contribution in [2.75, 3.05) is 39.6 Å². The van der Waals surface area contributed by atoms with Crippen LogP contribution in [0, 0.1) is 0 Å². The summed E-state index contributed by atoms with van der Waals surface area (Å²) in [5.41, 5.74) is 11.3. The molecule has 0 aromatic carbocycles. The Morgan fingerprint density at radius 3 is 1.38 bits per heavy atom. The molecule has 31 heteroatoms. The SMILES string of the molecule is NCCOP(=O)(O)OC[C@H]1O[C@H](O[C@@H]2[C@@H](OC[C@H]3O[C@H](O[C@H]4[C@H](O)[C@@H](N)[C@@H](OC5[C@@H](O)[C@H](O)C(O)[C@@H](O)[C@H]5O)O[C@@H]4CO)[C@@H](O)[C@@H](O)[C@@H]3O)O[C@H](CO)[C@@H](O)[C@@H]2O)[C@@H](O)[C@@H](O)[C@@H]1O. The zero-order valence-electron chi connectivity index (χ0n) is 32.9. The van der Waals surface area contributed by atoms with Gasteiger partial charge in [0.2, 0.25) is 0 Å². The van der Waals surface area contributed by atoms with Gasteiger partial charge in [0, 0.05) is 6.54 Å². The standard InChI is InChI=1S/C32H59N2O28P/c33-1-2-54-63(51,52)55-6-10-14(39)17(42)25(50)31(59-10)62-28-21(46)12(37)7(3-35)56-32(28)53-5-9-13(38)16(41)24(49)30(58-9)60-26-8(4-36)57-29(11(34)15(26)40)61-27-22(47)19(44)18(43)20(45)23(27)48/h7-32,35-50H,1-6,33-34H2,(H,51,52)/t7-,8-,9-,10-,11-,12-,13-,14-,15-,16+,17+,18?,19-,20-,21+,22-,23+,24+,25+,26-,27?,28+,29-,30-,31-,32+/m1/s1. The second kappa shape index (κ2) is 22.5. The molecule has 0 radical (unpaired) electrons. The number of nitrogens with two attached hydrogens (primary N) is 2. The molecule has 0 bridgehead atoms. The lowest BCUT2D eigenvalue weighted by atomic mass is 9.84. The smallest absolute Gasteiger partial charge is 0.394 e. The van der Waals surface area contributed by atoms with E-state index in [1.807, 2.05) is 0 Å². The van der Waals surface area contributed by atoms with Crippen molar-refractivity contribution in [3.63, 3.8) is 0 Å². The minimum atomic E-state index is -4.75. The van der Waals surface area contributed by atoms with Crippen molar-refractivity contribution in [1.29, 1.82) is 0 Å². The Balaban J connectivity index is 1.27. The van der Waals surface area contributed by atoms with Crippen LogP contribution in [0.2, 0.25) is 0 Å². The minimum Gasteiger partial charge on any atom is -0.394 e. The van der Waals surface area contributed by atoms with E-state index in [0.29, 0.717) is 0 Å². The van der Waals surface area contributed by atoms with Gasteiger partial charge in [-0.15, -0.1) is 0 Å². The summed E-state index contributed by atoms with van der Waals surface area (Å²) in [5, 5.41) is 168. The number of rotatable bonds is 17. The van der Waals surface area contributed by atoms with Crippen molar-refractivity contribution in [2.24, 2.45) is 11.5 Å². The maximum absolute atomic E-state index is 12.1. The van der Waals surface area contributed by atoms with Crippen LogP contribution in [-0.4, -0.2) is 286 Å². The Kier molecular flexibility index (Phi) is 18.9. The summed E-state index contributed by atoms with van der Waals surface area (Å²) >= 11 is 0. The first kappa shape index (κ1) is 53.0. The highest BCUT2D eigenvalue weighted by Gasteiger charge is 2.56. The third-order valence-corrected chi connectivity index (χ3v) is 12.2. The highest BCUT2D eigenvalue weighted by Crippen LogP contribution is 2.44. The van der Waals surface area contributed by atoms with E-state index in [2.05, 4.69) is 4.52 Å². The van der Waals surface area contributed by atoms with Gasteiger partial charge < -0.3 is 136 Å². The number of hydrogen-bond donors (Lipinski definition) is 19. The molecule has 21 N–H and O–H groups in total.